The summed E-state index contributed by atoms with van der Waals surface area (Å²) in [6, 6.07) is 16.2. The molecule has 0 saturated carbocycles. The fraction of sp³-hybridized carbons (Fsp3) is 0.280. The van der Waals surface area contributed by atoms with Gasteiger partial charge in [0.25, 0.3) is 0 Å². The van der Waals surface area contributed by atoms with Gasteiger partial charge in [-0.05, 0) is 48.7 Å². The Morgan fingerprint density at radius 3 is 2.52 bits per heavy atom. The molecule has 0 radical (unpaired) electrons. The van der Waals surface area contributed by atoms with Gasteiger partial charge in [0, 0.05) is 6.42 Å². The van der Waals surface area contributed by atoms with Crippen LogP contribution in [0.5, 0.6) is 0 Å². The number of furan rings is 1. The van der Waals surface area contributed by atoms with Crippen LogP contribution < -0.4 is 4.90 Å². The highest BCUT2D eigenvalue weighted by molar-refractivity contribution is 7.91. The van der Waals surface area contributed by atoms with Crippen LogP contribution in [-0.2, 0) is 21.2 Å². The molecular formula is C25H26N2O4S2. The maximum Gasteiger partial charge on any atom is 0.230 e. The second-order valence-electron chi connectivity index (χ2n) is 8.29. The van der Waals surface area contributed by atoms with Crippen LogP contribution in [0.3, 0.4) is 0 Å². The molecule has 6 nitrogen and oxygen atoms in total. The molecule has 0 saturated heterocycles. The second kappa shape index (κ2) is 9.49. The second-order valence-corrected chi connectivity index (χ2v) is 11.4. The molecule has 0 bridgehead atoms. The number of aromatic nitrogens is 1. The van der Waals surface area contributed by atoms with Gasteiger partial charge in [0.15, 0.2) is 15.0 Å². The van der Waals surface area contributed by atoms with E-state index in [9.17, 15) is 13.2 Å². The van der Waals surface area contributed by atoms with Crippen LogP contribution in [0.15, 0.2) is 70.2 Å². The molecule has 0 unspecified atom stereocenters. The minimum absolute atomic E-state index is 0.149. The number of amides is 1. The van der Waals surface area contributed by atoms with E-state index in [2.05, 4.69) is 13.8 Å². The molecule has 2 heterocycles. The summed E-state index contributed by atoms with van der Waals surface area (Å²) >= 11 is 1.42. The highest BCUT2D eigenvalue weighted by Gasteiger charge is 2.25. The highest BCUT2D eigenvalue weighted by atomic mass is 32.2. The Bertz CT molecular complexity index is 1360. The largest absolute Gasteiger partial charge is 0.467 e. The topological polar surface area (TPSA) is 80.5 Å². The molecule has 4 aromatic rings. The summed E-state index contributed by atoms with van der Waals surface area (Å²) in [5, 5.41) is 0.534. The first-order chi connectivity index (χ1) is 15.7. The number of aryl methyl sites for hydroxylation is 1. The number of benzene rings is 2. The predicted octanol–water partition coefficient (Wildman–Crippen LogP) is 5.72. The maximum absolute atomic E-state index is 13.3. The lowest BCUT2D eigenvalue weighted by atomic mass is 10.0. The molecular weight excluding hydrogens is 456 g/mol. The molecule has 2 aromatic carbocycles. The molecule has 4 rings (SSSR count). The Hall–Kier alpha value is -2.97. The Kier molecular flexibility index (Phi) is 6.67. The number of sulfone groups is 1. The summed E-state index contributed by atoms with van der Waals surface area (Å²) in [6.45, 7) is 6.30. The average molecular weight is 483 g/mol. The Labute approximate surface area is 197 Å². The molecule has 2 aromatic heterocycles. The van der Waals surface area contributed by atoms with Gasteiger partial charge >= 0.3 is 0 Å². The van der Waals surface area contributed by atoms with Gasteiger partial charge in [-0.2, -0.15) is 0 Å². The van der Waals surface area contributed by atoms with E-state index in [0.717, 1.165) is 21.3 Å². The van der Waals surface area contributed by atoms with Crippen molar-refractivity contribution in [3.63, 3.8) is 0 Å². The number of carbonyl (C=O) groups excluding carboxylic acids is 1. The summed E-state index contributed by atoms with van der Waals surface area (Å²) < 4.78 is 32.0. The molecule has 0 N–H and O–H groups in total. The normalized spacial score (nSPS) is 11.9. The minimum Gasteiger partial charge on any atom is -0.467 e. The zero-order chi connectivity index (χ0) is 23.6. The van der Waals surface area contributed by atoms with Crippen molar-refractivity contribution in [2.24, 2.45) is 0 Å². The molecule has 0 spiro atoms. The van der Waals surface area contributed by atoms with Crippen molar-refractivity contribution in [3.05, 3.63) is 77.7 Å². The lowest BCUT2D eigenvalue weighted by Crippen LogP contribution is -2.31. The fourth-order valence-corrected chi connectivity index (χ4v) is 5.83. The monoisotopic (exact) mass is 482 g/mol. The summed E-state index contributed by atoms with van der Waals surface area (Å²) in [6.07, 6.45) is 1.40. The van der Waals surface area contributed by atoms with Crippen molar-refractivity contribution < 1.29 is 17.6 Å². The van der Waals surface area contributed by atoms with Crippen LogP contribution in [0.1, 0.15) is 43.1 Å². The molecule has 1 amide bonds. The van der Waals surface area contributed by atoms with Crippen LogP contribution in [0.2, 0.25) is 0 Å². The number of thiazole rings is 1. The number of anilines is 1. The summed E-state index contributed by atoms with van der Waals surface area (Å²) in [7, 11) is -3.58. The van der Waals surface area contributed by atoms with Crippen molar-refractivity contribution in [2.75, 3.05) is 10.7 Å². The van der Waals surface area contributed by atoms with Gasteiger partial charge in [-0.25, -0.2) is 13.4 Å². The molecule has 0 aliphatic heterocycles. The smallest absolute Gasteiger partial charge is 0.230 e. The SMILES string of the molecule is Cc1ccc(S(=O)(=O)CCC(=O)N(Cc2ccco2)c2nc3c(C(C)C)cccc3s2)cc1. The van der Waals surface area contributed by atoms with E-state index in [1.54, 1.807) is 42.7 Å². The van der Waals surface area contributed by atoms with E-state index in [-0.39, 0.29) is 35.4 Å². The van der Waals surface area contributed by atoms with Crippen molar-refractivity contribution in [2.45, 2.75) is 44.6 Å². The van der Waals surface area contributed by atoms with Crippen LogP contribution >= 0.6 is 11.3 Å². The summed E-state index contributed by atoms with van der Waals surface area (Å²) in [4.78, 5) is 19.8. The van der Waals surface area contributed by atoms with E-state index in [0.29, 0.717) is 10.9 Å². The average Bonchev–Trinajstić information content (AvgIpc) is 3.45. The van der Waals surface area contributed by atoms with Crippen molar-refractivity contribution in [1.82, 2.24) is 4.98 Å². The van der Waals surface area contributed by atoms with Gasteiger partial charge in [0.1, 0.15) is 5.76 Å². The van der Waals surface area contributed by atoms with Gasteiger partial charge in [-0.3, -0.25) is 9.69 Å². The lowest BCUT2D eigenvalue weighted by Gasteiger charge is -2.19. The lowest BCUT2D eigenvalue weighted by molar-refractivity contribution is -0.118. The Balaban J connectivity index is 1.62. The zero-order valence-corrected chi connectivity index (χ0v) is 20.4. The fourth-order valence-electron chi connectivity index (χ4n) is 3.58. The maximum atomic E-state index is 13.3. The molecule has 8 heteroatoms. The Morgan fingerprint density at radius 2 is 1.85 bits per heavy atom. The van der Waals surface area contributed by atoms with E-state index >= 15 is 0 Å². The Morgan fingerprint density at radius 1 is 1.09 bits per heavy atom. The third-order valence-corrected chi connectivity index (χ3v) is 8.23. The number of para-hydroxylation sites is 1. The van der Waals surface area contributed by atoms with Gasteiger partial charge in [-0.15, -0.1) is 0 Å². The van der Waals surface area contributed by atoms with Crippen LogP contribution in [-0.4, -0.2) is 25.1 Å². The number of fused-ring (bicyclic) bond motifs is 1. The summed E-state index contributed by atoms with van der Waals surface area (Å²) in [5.41, 5.74) is 2.96. The van der Waals surface area contributed by atoms with Crippen LogP contribution in [0.4, 0.5) is 5.13 Å². The third kappa shape index (κ3) is 5.17. The van der Waals surface area contributed by atoms with Gasteiger partial charge < -0.3 is 4.42 Å². The number of hydrogen-bond donors (Lipinski definition) is 0. The van der Waals surface area contributed by atoms with Crippen LogP contribution in [0, 0.1) is 6.92 Å². The predicted molar refractivity (Wildman–Crippen MR) is 131 cm³/mol. The number of rotatable bonds is 8. The number of nitrogens with zero attached hydrogens (tertiary/aromatic N) is 2. The first-order valence-corrected chi connectivity index (χ1v) is 13.2. The quantitative estimate of drug-likeness (QED) is 0.321. The molecule has 0 aliphatic rings. The van der Waals surface area contributed by atoms with E-state index < -0.39 is 9.84 Å². The zero-order valence-electron chi connectivity index (χ0n) is 18.8. The van der Waals surface area contributed by atoms with Crippen molar-refractivity contribution >= 4 is 42.4 Å². The summed E-state index contributed by atoms with van der Waals surface area (Å²) in [5.74, 6) is 0.309. The third-order valence-electron chi connectivity index (χ3n) is 5.45. The molecule has 0 aliphatic carbocycles. The molecule has 0 atom stereocenters. The van der Waals surface area contributed by atoms with Gasteiger partial charge in [0.2, 0.25) is 5.91 Å². The first kappa shape index (κ1) is 23.2. The highest BCUT2D eigenvalue weighted by Crippen LogP contribution is 2.34. The van der Waals surface area contributed by atoms with Gasteiger partial charge in [-0.1, -0.05) is 55.0 Å². The number of carbonyl (C=O) groups is 1. The minimum atomic E-state index is -3.58. The van der Waals surface area contributed by atoms with Crippen LogP contribution in [0.25, 0.3) is 10.2 Å². The molecule has 172 valence electrons. The molecule has 33 heavy (non-hydrogen) atoms. The standard InChI is InChI=1S/C25H26N2O4S2/c1-17(2)21-7-4-8-22-24(21)26-25(32-22)27(16-19-6-5-14-31-19)23(28)13-15-33(29,30)20-11-9-18(3)10-12-20/h4-12,14,17H,13,15-16H2,1-3H3. The van der Waals surface area contributed by atoms with E-state index in [1.165, 1.54) is 16.2 Å². The van der Waals surface area contributed by atoms with Crippen molar-refractivity contribution in [1.29, 1.82) is 0 Å². The first-order valence-electron chi connectivity index (χ1n) is 10.8. The van der Waals surface area contributed by atoms with Crippen molar-refractivity contribution in [3.8, 4) is 0 Å². The van der Waals surface area contributed by atoms with E-state index in [1.807, 2.05) is 25.1 Å². The van der Waals surface area contributed by atoms with Gasteiger partial charge in [0.05, 0.1) is 33.7 Å². The number of hydrogen-bond acceptors (Lipinski definition) is 6. The molecule has 0 fully saturated rings. The van der Waals surface area contributed by atoms with E-state index in [4.69, 9.17) is 9.40 Å².